The third-order valence-corrected chi connectivity index (χ3v) is 2.00. The predicted molar refractivity (Wildman–Crippen MR) is 52.5 cm³/mol. The summed E-state index contributed by atoms with van der Waals surface area (Å²) in [5.74, 6) is -5.61. The highest BCUT2D eigenvalue weighted by Crippen LogP contribution is 2.29. The van der Waals surface area contributed by atoms with Gasteiger partial charge in [0.05, 0.1) is 11.5 Å². The van der Waals surface area contributed by atoms with E-state index < -0.39 is 41.0 Å². The fourth-order valence-corrected chi connectivity index (χ4v) is 1.13. The Morgan fingerprint density at radius 1 is 1.39 bits per heavy atom. The maximum absolute atomic E-state index is 13.1. The number of nitro groups is 1. The minimum atomic E-state index is -4.36. The number of hydrogen-bond donors (Lipinski definition) is 1. The molecule has 0 bridgehead atoms. The molecule has 0 aromatic heterocycles. The van der Waals surface area contributed by atoms with E-state index in [2.05, 4.69) is 0 Å². The van der Waals surface area contributed by atoms with E-state index in [1.54, 1.807) is 5.32 Å². The van der Waals surface area contributed by atoms with Crippen LogP contribution in [0.3, 0.4) is 0 Å². The summed E-state index contributed by atoms with van der Waals surface area (Å²) in [6.07, 6.45) is -3.92. The lowest BCUT2D eigenvalue weighted by Gasteiger charge is -2.16. The van der Waals surface area contributed by atoms with Gasteiger partial charge in [0.15, 0.2) is 0 Å². The summed E-state index contributed by atoms with van der Waals surface area (Å²) in [4.78, 5) is 9.36. The molecule has 0 aliphatic carbocycles. The molecule has 0 aliphatic heterocycles. The van der Waals surface area contributed by atoms with E-state index in [1.807, 2.05) is 0 Å². The summed E-state index contributed by atoms with van der Waals surface area (Å²) < 4.78 is 62.0. The Bertz CT molecular complexity index is 453. The number of nitro benzene ring substituents is 1. The lowest BCUT2D eigenvalue weighted by atomic mass is 10.2. The maximum Gasteiger partial charge on any atom is 0.327 e. The fourth-order valence-electron chi connectivity index (χ4n) is 1.13. The SMILES string of the molecule is O=[N+]([O-])c1c(F)cccc1NCC(F)(F)C(F)F. The monoisotopic (exact) mass is 270 g/mol. The molecule has 0 saturated heterocycles. The van der Waals surface area contributed by atoms with Crippen molar-refractivity contribution in [3.8, 4) is 0 Å². The Kier molecular flexibility index (Phi) is 4.04. The molecule has 0 radical (unpaired) electrons. The smallest absolute Gasteiger partial charge is 0.327 e. The van der Waals surface area contributed by atoms with Crippen LogP contribution in [0.15, 0.2) is 18.2 Å². The highest BCUT2D eigenvalue weighted by molar-refractivity contribution is 5.62. The highest BCUT2D eigenvalue weighted by Gasteiger charge is 2.40. The average molecular weight is 270 g/mol. The second-order valence-corrected chi connectivity index (χ2v) is 3.31. The van der Waals surface area contributed by atoms with Gasteiger partial charge >= 0.3 is 18.0 Å². The number of anilines is 1. The van der Waals surface area contributed by atoms with Crippen molar-refractivity contribution < 1.29 is 26.9 Å². The van der Waals surface area contributed by atoms with Gasteiger partial charge in [0.1, 0.15) is 5.69 Å². The molecule has 18 heavy (non-hydrogen) atoms. The molecule has 1 rings (SSSR count). The Hall–Kier alpha value is -1.93. The first kappa shape index (κ1) is 14.1. The zero-order valence-corrected chi connectivity index (χ0v) is 8.67. The van der Waals surface area contributed by atoms with Gasteiger partial charge in [-0.05, 0) is 12.1 Å². The number of nitrogens with zero attached hydrogens (tertiary/aromatic N) is 1. The van der Waals surface area contributed by atoms with Crippen LogP contribution in [0.1, 0.15) is 0 Å². The van der Waals surface area contributed by atoms with Crippen LogP contribution in [-0.4, -0.2) is 23.8 Å². The zero-order valence-electron chi connectivity index (χ0n) is 8.67. The van der Waals surface area contributed by atoms with Gasteiger partial charge in [-0.2, -0.15) is 13.2 Å². The summed E-state index contributed by atoms with van der Waals surface area (Å²) in [5.41, 5.74) is -1.65. The molecule has 1 aromatic rings. The lowest BCUT2D eigenvalue weighted by Crippen LogP contribution is -2.35. The molecule has 0 heterocycles. The standard InChI is InChI=1S/C9H7F5N2O2/c10-5-2-1-3-6(7(5)16(17)18)15-4-9(13,14)8(11)12/h1-3,8,15H,4H2. The van der Waals surface area contributed by atoms with Crippen LogP contribution in [0.25, 0.3) is 0 Å². The van der Waals surface area contributed by atoms with Gasteiger partial charge in [0.25, 0.3) is 0 Å². The van der Waals surface area contributed by atoms with Crippen molar-refractivity contribution in [1.82, 2.24) is 0 Å². The van der Waals surface area contributed by atoms with Gasteiger partial charge < -0.3 is 5.32 Å². The molecule has 1 aromatic carbocycles. The molecule has 9 heteroatoms. The number of alkyl halides is 4. The van der Waals surface area contributed by atoms with Gasteiger partial charge in [-0.25, -0.2) is 8.78 Å². The summed E-state index contributed by atoms with van der Waals surface area (Å²) in [6, 6.07) is 2.74. The number of para-hydroxylation sites is 1. The first-order valence-electron chi connectivity index (χ1n) is 4.58. The van der Waals surface area contributed by atoms with Crippen LogP contribution in [0.5, 0.6) is 0 Å². The minimum absolute atomic E-state index is 0.583. The minimum Gasteiger partial charge on any atom is -0.373 e. The highest BCUT2D eigenvalue weighted by atomic mass is 19.3. The molecule has 0 saturated carbocycles. The summed E-state index contributed by atoms with van der Waals surface area (Å²) in [5, 5.41) is 12.2. The molecule has 0 unspecified atom stereocenters. The first-order chi connectivity index (χ1) is 8.25. The third kappa shape index (κ3) is 3.05. The maximum atomic E-state index is 13.1. The topological polar surface area (TPSA) is 55.2 Å². The second kappa shape index (κ2) is 5.15. The van der Waals surface area contributed by atoms with Crippen molar-refractivity contribution in [1.29, 1.82) is 0 Å². The second-order valence-electron chi connectivity index (χ2n) is 3.31. The summed E-state index contributed by atoms with van der Waals surface area (Å²) >= 11 is 0. The molecule has 0 spiro atoms. The normalized spacial score (nSPS) is 11.7. The molecule has 0 amide bonds. The summed E-state index contributed by atoms with van der Waals surface area (Å²) in [7, 11) is 0. The number of rotatable bonds is 5. The molecular formula is C9H7F5N2O2. The van der Waals surface area contributed by atoms with Gasteiger partial charge in [-0.15, -0.1) is 0 Å². The number of nitrogens with one attached hydrogen (secondary N) is 1. The van der Waals surface area contributed by atoms with Crippen LogP contribution < -0.4 is 5.32 Å². The van der Waals surface area contributed by atoms with Crippen molar-refractivity contribution in [3.05, 3.63) is 34.1 Å². The van der Waals surface area contributed by atoms with Crippen LogP contribution in [-0.2, 0) is 0 Å². The molecule has 0 fully saturated rings. The molecule has 4 nitrogen and oxygen atoms in total. The van der Waals surface area contributed by atoms with Crippen molar-refractivity contribution in [2.24, 2.45) is 0 Å². The first-order valence-corrected chi connectivity index (χ1v) is 4.58. The van der Waals surface area contributed by atoms with Crippen molar-refractivity contribution in [2.45, 2.75) is 12.3 Å². The average Bonchev–Trinajstić information content (AvgIpc) is 2.25. The van der Waals surface area contributed by atoms with Gasteiger partial charge in [0, 0.05) is 0 Å². The number of hydrogen-bond acceptors (Lipinski definition) is 3. The van der Waals surface area contributed by atoms with Crippen molar-refractivity contribution >= 4 is 11.4 Å². The third-order valence-electron chi connectivity index (χ3n) is 2.00. The fraction of sp³-hybridized carbons (Fsp3) is 0.333. The largest absolute Gasteiger partial charge is 0.373 e. The van der Waals surface area contributed by atoms with Gasteiger partial charge in [0.2, 0.25) is 5.82 Å². The van der Waals surface area contributed by atoms with Crippen LogP contribution in [0.4, 0.5) is 33.3 Å². The Morgan fingerprint density at radius 3 is 2.50 bits per heavy atom. The summed E-state index contributed by atoms with van der Waals surface area (Å²) in [6.45, 7) is -1.53. The molecular weight excluding hydrogens is 263 g/mol. The quantitative estimate of drug-likeness (QED) is 0.508. The molecule has 0 aliphatic rings. The molecule has 100 valence electrons. The van der Waals surface area contributed by atoms with E-state index in [9.17, 15) is 32.1 Å². The van der Waals surface area contributed by atoms with Crippen LogP contribution in [0.2, 0.25) is 0 Å². The van der Waals surface area contributed by atoms with E-state index in [0.717, 1.165) is 18.2 Å². The zero-order chi connectivity index (χ0) is 13.9. The van der Waals surface area contributed by atoms with Crippen molar-refractivity contribution in [2.75, 3.05) is 11.9 Å². The lowest BCUT2D eigenvalue weighted by molar-refractivity contribution is -0.386. The number of benzene rings is 1. The molecule has 1 N–H and O–H groups in total. The van der Waals surface area contributed by atoms with Gasteiger partial charge in [-0.3, -0.25) is 10.1 Å². The van der Waals surface area contributed by atoms with E-state index in [-0.39, 0.29) is 0 Å². The van der Waals surface area contributed by atoms with Crippen LogP contribution in [0, 0.1) is 15.9 Å². The Morgan fingerprint density at radius 2 is 2.00 bits per heavy atom. The van der Waals surface area contributed by atoms with Crippen LogP contribution >= 0.6 is 0 Å². The van der Waals surface area contributed by atoms with Gasteiger partial charge in [-0.1, -0.05) is 6.07 Å². The van der Waals surface area contributed by atoms with E-state index in [1.165, 1.54) is 0 Å². The van der Waals surface area contributed by atoms with E-state index in [0.29, 0.717) is 0 Å². The van der Waals surface area contributed by atoms with E-state index in [4.69, 9.17) is 0 Å². The Labute approximate surface area is 97.6 Å². The Balaban J connectivity index is 2.92. The van der Waals surface area contributed by atoms with E-state index >= 15 is 0 Å². The molecule has 0 atom stereocenters. The van der Waals surface area contributed by atoms with Crippen molar-refractivity contribution in [3.63, 3.8) is 0 Å². The number of halogens is 5. The predicted octanol–water partition coefficient (Wildman–Crippen LogP) is 3.05.